The molecule has 0 saturated carbocycles. The molecule has 3 atom stereocenters. The van der Waals surface area contributed by atoms with Crippen molar-refractivity contribution in [2.45, 2.75) is 91.3 Å². The average Bonchev–Trinajstić information content (AvgIpc) is 3.16. The molecule has 0 bridgehead atoms. The number of benzene rings is 4. The minimum Gasteiger partial charge on any atom is -0.496 e. The van der Waals surface area contributed by atoms with Gasteiger partial charge < -0.3 is 14.8 Å². The first-order valence-electron chi connectivity index (χ1n) is 18.6. The number of methoxy groups -OCH3 is 2. The highest BCUT2D eigenvalue weighted by Crippen LogP contribution is 2.35. The molecule has 2 aliphatic carbocycles. The summed E-state index contributed by atoms with van der Waals surface area (Å²) in [7, 11) is 3.51. The van der Waals surface area contributed by atoms with E-state index in [2.05, 4.69) is 143 Å². The molecule has 0 radical (unpaired) electrons. The van der Waals surface area contributed by atoms with Crippen LogP contribution in [0.1, 0.15) is 96.6 Å². The van der Waals surface area contributed by atoms with Crippen LogP contribution in [0, 0.1) is 13.8 Å². The summed E-state index contributed by atoms with van der Waals surface area (Å²) in [5.41, 5.74) is 12.0. The van der Waals surface area contributed by atoms with E-state index in [0.717, 1.165) is 56.6 Å². The third kappa shape index (κ3) is 10.7. The quantitative estimate of drug-likeness (QED) is 0.159. The van der Waals surface area contributed by atoms with Crippen LogP contribution in [0.2, 0.25) is 0 Å². The lowest BCUT2D eigenvalue weighted by Gasteiger charge is -2.39. The Morgan fingerprint density at radius 2 is 1.35 bits per heavy atom. The molecule has 0 unspecified atom stereocenters. The number of rotatable bonds is 11. The van der Waals surface area contributed by atoms with E-state index < -0.39 is 0 Å². The number of ether oxygens (including phenoxy) is 2. The Morgan fingerprint density at radius 3 is 1.94 bits per heavy atom. The molecule has 1 N–H and O–H groups in total. The maximum Gasteiger partial charge on any atom is 0.122 e. The van der Waals surface area contributed by atoms with Crippen molar-refractivity contribution in [3.8, 4) is 11.5 Å². The Hall–Kier alpha value is -4.54. The van der Waals surface area contributed by atoms with Crippen LogP contribution in [-0.2, 0) is 19.3 Å². The predicted molar refractivity (Wildman–Crippen MR) is 218 cm³/mol. The fourth-order valence-corrected chi connectivity index (χ4v) is 7.06. The minimum absolute atomic E-state index is 0.319. The van der Waals surface area contributed by atoms with Gasteiger partial charge in [0.25, 0.3) is 0 Å². The molecule has 4 heteroatoms. The van der Waals surface area contributed by atoms with E-state index in [-0.39, 0.29) is 0 Å². The second-order valence-electron chi connectivity index (χ2n) is 13.7. The molecule has 0 aliphatic heterocycles. The first kappa shape index (κ1) is 39.2. The van der Waals surface area contributed by atoms with Gasteiger partial charge in [-0.3, -0.25) is 4.90 Å². The first-order chi connectivity index (χ1) is 24.7. The van der Waals surface area contributed by atoms with E-state index in [0.29, 0.717) is 18.1 Å². The first-order valence-corrected chi connectivity index (χ1v) is 18.6. The van der Waals surface area contributed by atoms with Gasteiger partial charge in [0, 0.05) is 35.9 Å². The summed E-state index contributed by atoms with van der Waals surface area (Å²) < 4.78 is 11.0. The molecular formula is C47H60N2O2. The van der Waals surface area contributed by atoms with Crippen LogP contribution in [0.5, 0.6) is 11.5 Å². The van der Waals surface area contributed by atoms with Gasteiger partial charge in [0.2, 0.25) is 0 Å². The molecule has 51 heavy (non-hydrogen) atoms. The third-order valence-electron chi connectivity index (χ3n) is 10.1. The topological polar surface area (TPSA) is 33.7 Å². The van der Waals surface area contributed by atoms with Crippen molar-refractivity contribution >= 4 is 6.08 Å². The van der Waals surface area contributed by atoms with Crippen LogP contribution in [0.25, 0.3) is 6.08 Å². The van der Waals surface area contributed by atoms with Crippen molar-refractivity contribution in [2.75, 3.05) is 20.8 Å². The van der Waals surface area contributed by atoms with Crippen LogP contribution >= 0.6 is 0 Å². The number of hydrogen-bond donors (Lipinski definition) is 1. The van der Waals surface area contributed by atoms with Gasteiger partial charge in [0.05, 0.1) is 14.2 Å². The van der Waals surface area contributed by atoms with E-state index in [9.17, 15) is 0 Å². The van der Waals surface area contributed by atoms with Gasteiger partial charge in [-0.25, -0.2) is 0 Å². The molecule has 0 saturated heterocycles. The molecule has 0 fully saturated rings. The number of allylic oxidation sites excluding steroid dienone is 2. The summed E-state index contributed by atoms with van der Waals surface area (Å²) in [6, 6.07) is 31.6. The molecule has 0 spiro atoms. The Bertz CT molecular complexity index is 1720. The van der Waals surface area contributed by atoms with Crippen LogP contribution in [-0.4, -0.2) is 31.7 Å². The van der Waals surface area contributed by atoms with Gasteiger partial charge in [-0.1, -0.05) is 103 Å². The monoisotopic (exact) mass is 684 g/mol. The standard InChI is InChI=1S/C23H29NO.C20H23NO.C4H8/c1-5-15-24(18(3)19-11-9-17(2)10-12-19)21-13-14-22-20(16-21)7-6-8-23(22)25-4;1-14-7-9-16(10-8-14)15(2)21-18-11-12-19-17(13-18)5-4-6-20(19)22-3;1-3-4-2/h5-12,18,21H,1,13-16H2,2-4H3;4-10,13,15,21H,11-12H2,1-3H3;3H,1,4H2,2H3/t18-,21+;15-;/m11./s1. The Kier molecular flexibility index (Phi) is 15.2. The average molecular weight is 685 g/mol. The Morgan fingerprint density at radius 1 is 0.765 bits per heavy atom. The molecule has 6 rings (SSSR count). The van der Waals surface area contributed by atoms with Crippen LogP contribution in [0.15, 0.2) is 116 Å². The summed E-state index contributed by atoms with van der Waals surface area (Å²) in [4.78, 5) is 2.60. The molecule has 0 heterocycles. The zero-order valence-electron chi connectivity index (χ0n) is 32.2. The third-order valence-corrected chi connectivity index (χ3v) is 10.1. The Balaban J connectivity index is 0.000000208. The molecule has 4 aromatic rings. The highest BCUT2D eigenvalue weighted by atomic mass is 16.5. The van der Waals surface area contributed by atoms with E-state index >= 15 is 0 Å². The van der Waals surface area contributed by atoms with Gasteiger partial charge in [-0.05, 0) is 112 Å². The van der Waals surface area contributed by atoms with E-state index in [1.54, 1.807) is 14.2 Å². The van der Waals surface area contributed by atoms with Crippen molar-refractivity contribution in [1.29, 1.82) is 0 Å². The lowest BCUT2D eigenvalue weighted by molar-refractivity contribution is 0.147. The van der Waals surface area contributed by atoms with Crippen LogP contribution < -0.4 is 14.8 Å². The van der Waals surface area contributed by atoms with Crippen molar-refractivity contribution < 1.29 is 9.47 Å². The second kappa shape index (κ2) is 19.7. The molecular weight excluding hydrogens is 625 g/mol. The van der Waals surface area contributed by atoms with Gasteiger partial charge in [0.15, 0.2) is 0 Å². The van der Waals surface area contributed by atoms with Gasteiger partial charge in [-0.15, -0.1) is 13.2 Å². The van der Waals surface area contributed by atoms with Crippen molar-refractivity contribution in [2.24, 2.45) is 0 Å². The molecule has 270 valence electrons. The fraction of sp³-hybridized carbons (Fsp3) is 0.362. The van der Waals surface area contributed by atoms with Gasteiger partial charge >= 0.3 is 0 Å². The molecule has 4 nitrogen and oxygen atoms in total. The summed E-state index contributed by atoms with van der Waals surface area (Å²) in [6.07, 6.45) is 12.6. The zero-order valence-corrected chi connectivity index (χ0v) is 32.2. The fourth-order valence-electron chi connectivity index (χ4n) is 7.06. The smallest absolute Gasteiger partial charge is 0.122 e. The molecule has 4 aromatic carbocycles. The van der Waals surface area contributed by atoms with E-state index in [4.69, 9.17) is 9.47 Å². The minimum atomic E-state index is 0.319. The number of aryl methyl sites for hydroxylation is 2. The van der Waals surface area contributed by atoms with Gasteiger partial charge in [0.1, 0.15) is 11.5 Å². The summed E-state index contributed by atoms with van der Waals surface area (Å²) in [5.74, 6) is 2.04. The maximum atomic E-state index is 5.55. The van der Waals surface area contributed by atoms with Crippen molar-refractivity contribution in [3.05, 3.63) is 160 Å². The summed E-state index contributed by atoms with van der Waals surface area (Å²) in [6.45, 7) is 19.2. The summed E-state index contributed by atoms with van der Waals surface area (Å²) >= 11 is 0. The normalized spacial score (nSPS) is 15.6. The lowest BCUT2D eigenvalue weighted by atomic mass is 9.86. The van der Waals surface area contributed by atoms with Gasteiger partial charge in [-0.2, -0.15) is 0 Å². The molecule has 2 aliphatic rings. The SMILES string of the molecule is C=CCC.C=CCN([C@H]1CCc2c(cccc2OC)C1)[C@H](C)c1ccc(C)cc1.COc1cccc2c1CCC(N[C@H](C)c1ccc(C)cc1)=C2. The van der Waals surface area contributed by atoms with E-state index in [1.807, 2.05) is 18.2 Å². The highest BCUT2D eigenvalue weighted by molar-refractivity contribution is 5.62. The van der Waals surface area contributed by atoms with Crippen molar-refractivity contribution in [3.63, 3.8) is 0 Å². The van der Waals surface area contributed by atoms with Crippen LogP contribution in [0.3, 0.4) is 0 Å². The summed E-state index contributed by atoms with van der Waals surface area (Å²) in [5, 5.41) is 3.65. The number of fused-ring (bicyclic) bond motifs is 2. The van der Waals surface area contributed by atoms with E-state index in [1.165, 1.54) is 50.2 Å². The zero-order chi connectivity index (χ0) is 36.8. The number of nitrogens with zero attached hydrogens (tertiary/aromatic N) is 1. The predicted octanol–water partition coefficient (Wildman–Crippen LogP) is 11.3. The lowest BCUT2D eigenvalue weighted by Crippen LogP contribution is -2.41. The molecule has 0 amide bonds. The second-order valence-corrected chi connectivity index (χ2v) is 13.7. The van der Waals surface area contributed by atoms with Crippen molar-refractivity contribution in [1.82, 2.24) is 10.2 Å². The largest absolute Gasteiger partial charge is 0.496 e. The number of hydrogen-bond acceptors (Lipinski definition) is 4. The molecule has 0 aromatic heterocycles. The van der Waals surface area contributed by atoms with Crippen LogP contribution in [0.4, 0.5) is 0 Å². The Labute approximate surface area is 308 Å². The number of nitrogens with one attached hydrogen (secondary N) is 1. The maximum absolute atomic E-state index is 5.55. The highest BCUT2D eigenvalue weighted by Gasteiger charge is 2.28.